The minimum Gasteiger partial charge on any atom is -0.348 e. The van der Waals surface area contributed by atoms with Crippen LogP contribution in [-0.4, -0.2) is 25.2 Å². The summed E-state index contributed by atoms with van der Waals surface area (Å²) in [6.45, 7) is 2.38. The van der Waals surface area contributed by atoms with Crippen molar-refractivity contribution in [3.05, 3.63) is 74.8 Å². The average Bonchev–Trinajstić information content (AvgIpc) is 3.01. The Labute approximate surface area is 178 Å². The highest BCUT2D eigenvalue weighted by Gasteiger charge is 2.40. The Hall–Kier alpha value is -3.21. The number of hydrogen-bond acceptors (Lipinski definition) is 4. The van der Waals surface area contributed by atoms with Gasteiger partial charge < -0.3 is 5.32 Å². The zero-order valence-electron chi connectivity index (χ0n) is 16.2. The molecule has 0 aliphatic rings. The van der Waals surface area contributed by atoms with E-state index in [1.165, 1.54) is 18.2 Å². The van der Waals surface area contributed by atoms with Crippen LogP contribution < -0.4 is 11.0 Å². The van der Waals surface area contributed by atoms with Gasteiger partial charge in [0.1, 0.15) is 18.2 Å². The molecule has 1 aromatic carbocycles. The Kier molecular flexibility index (Phi) is 6.16. The van der Waals surface area contributed by atoms with E-state index in [2.05, 4.69) is 15.4 Å². The maximum atomic E-state index is 13.7. The van der Waals surface area contributed by atoms with Crippen LogP contribution in [0.25, 0.3) is 5.82 Å². The Morgan fingerprint density at radius 2 is 1.97 bits per heavy atom. The summed E-state index contributed by atoms with van der Waals surface area (Å²) < 4.78 is 54.6. The lowest BCUT2D eigenvalue weighted by Gasteiger charge is -2.14. The van der Waals surface area contributed by atoms with E-state index < -0.39 is 42.0 Å². The molecule has 2 aromatic heterocycles. The lowest BCUT2D eigenvalue weighted by molar-refractivity contribution is -0.146. The first-order valence-electron chi connectivity index (χ1n) is 8.91. The number of nitrogens with zero attached hydrogens (tertiary/aromatic N) is 4. The number of pyridine rings is 1. The quantitative estimate of drug-likeness (QED) is 0.595. The first-order valence-corrected chi connectivity index (χ1v) is 9.29. The minimum absolute atomic E-state index is 0.165. The zero-order valence-corrected chi connectivity index (χ0v) is 17.0. The number of hydrogen-bond donors (Lipinski definition) is 1. The fourth-order valence-electron chi connectivity index (χ4n) is 2.79. The summed E-state index contributed by atoms with van der Waals surface area (Å²) >= 11 is 5.69. The molecule has 1 atom stereocenters. The monoisotopic (exact) mass is 457 g/mol. The van der Waals surface area contributed by atoms with Gasteiger partial charge in [-0.1, -0.05) is 23.7 Å². The van der Waals surface area contributed by atoms with Gasteiger partial charge in [-0.2, -0.15) is 13.2 Å². The molecule has 0 unspecified atom stereocenters. The van der Waals surface area contributed by atoms with Gasteiger partial charge in [-0.3, -0.25) is 4.79 Å². The van der Waals surface area contributed by atoms with Crippen LogP contribution in [0.4, 0.5) is 17.6 Å². The molecule has 0 saturated carbocycles. The SMILES string of the molecule is Cc1ccc([C@H](C)NC(=O)Cn2nc(C(F)(F)F)n(-c3ccc(Cl)cn3)c2=O)cc1F. The molecule has 3 aromatic rings. The molecule has 0 fully saturated rings. The van der Waals surface area contributed by atoms with Crippen LogP contribution in [0.15, 0.2) is 41.3 Å². The summed E-state index contributed by atoms with van der Waals surface area (Å²) in [5, 5.41) is 5.94. The Morgan fingerprint density at radius 1 is 1.26 bits per heavy atom. The van der Waals surface area contributed by atoms with Gasteiger partial charge in [0.25, 0.3) is 0 Å². The van der Waals surface area contributed by atoms with E-state index in [0.717, 1.165) is 12.3 Å². The van der Waals surface area contributed by atoms with Crippen molar-refractivity contribution < 1.29 is 22.4 Å². The molecule has 12 heteroatoms. The van der Waals surface area contributed by atoms with E-state index in [1.807, 2.05) is 0 Å². The number of halogens is 5. The van der Waals surface area contributed by atoms with Crippen LogP contribution in [0.5, 0.6) is 0 Å². The number of nitrogens with one attached hydrogen (secondary N) is 1. The van der Waals surface area contributed by atoms with Crippen molar-refractivity contribution in [2.75, 3.05) is 0 Å². The number of carbonyl (C=O) groups is 1. The molecule has 0 radical (unpaired) electrons. The van der Waals surface area contributed by atoms with Crippen LogP contribution in [0.2, 0.25) is 5.02 Å². The first kappa shape index (κ1) is 22.5. The maximum Gasteiger partial charge on any atom is 0.452 e. The second-order valence-electron chi connectivity index (χ2n) is 6.73. The second-order valence-corrected chi connectivity index (χ2v) is 7.17. The van der Waals surface area contributed by atoms with Crippen molar-refractivity contribution in [3.63, 3.8) is 0 Å². The molecular weight excluding hydrogens is 442 g/mol. The Bertz CT molecular complexity index is 1170. The first-order chi connectivity index (χ1) is 14.5. The molecule has 7 nitrogen and oxygen atoms in total. The number of alkyl halides is 3. The molecule has 164 valence electrons. The highest BCUT2D eigenvalue weighted by Crippen LogP contribution is 2.28. The fourth-order valence-corrected chi connectivity index (χ4v) is 2.90. The van der Waals surface area contributed by atoms with Crippen molar-refractivity contribution >= 4 is 17.5 Å². The maximum absolute atomic E-state index is 13.7. The summed E-state index contributed by atoms with van der Waals surface area (Å²) in [5.41, 5.74) is -0.322. The number of aryl methyl sites for hydroxylation is 1. The molecule has 0 bridgehead atoms. The van der Waals surface area contributed by atoms with E-state index in [9.17, 15) is 27.2 Å². The highest BCUT2D eigenvalue weighted by molar-refractivity contribution is 6.30. The average molecular weight is 458 g/mol. The number of amides is 1. The molecular formula is C19H16ClF4N5O2. The molecule has 2 heterocycles. The summed E-state index contributed by atoms with van der Waals surface area (Å²) in [6, 6.07) is 6.13. The number of benzene rings is 1. The molecule has 0 spiro atoms. The van der Waals surface area contributed by atoms with Crippen LogP contribution in [0, 0.1) is 12.7 Å². The summed E-state index contributed by atoms with van der Waals surface area (Å²) in [6.07, 6.45) is -3.90. The smallest absolute Gasteiger partial charge is 0.348 e. The predicted molar refractivity (Wildman–Crippen MR) is 103 cm³/mol. The van der Waals surface area contributed by atoms with Gasteiger partial charge in [0.2, 0.25) is 11.7 Å². The largest absolute Gasteiger partial charge is 0.452 e. The van der Waals surface area contributed by atoms with Gasteiger partial charge in [0, 0.05) is 6.20 Å². The lowest BCUT2D eigenvalue weighted by Crippen LogP contribution is -2.35. The third-order valence-corrected chi connectivity index (χ3v) is 4.62. The molecule has 1 amide bonds. The predicted octanol–water partition coefficient (Wildman–Crippen LogP) is 3.43. The van der Waals surface area contributed by atoms with Crippen LogP contribution in [-0.2, 0) is 17.5 Å². The Morgan fingerprint density at radius 3 is 2.55 bits per heavy atom. The van der Waals surface area contributed by atoms with Gasteiger partial charge >= 0.3 is 11.9 Å². The van der Waals surface area contributed by atoms with Crippen LogP contribution in [0.1, 0.15) is 29.9 Å². The number of carbonyl (C=O) groups excluding carboxylic acids is 1. The normalized spacial score (nSPS) is 12.6. The van der Waals surface area contributed by atoms with Crippen molar-refractivity contribution in [1.29, 1.82) is 0 Å². The zero-order chi connectivity index (χ0) is 22.9. The van der Waals surface area contributed by atoms with E-state index in [1.54, 1.807) is 19.9 Å². The standard InChI is InChI=1S/C19H16ClF4N5O2/c1-10-3-4-12(7-14(10)21)11(2)26-16(30)9-28-18(31)29(17(27-28)19(22,23)24)15-6-5-13(20)8-25-15/h3-8,11H,9H2,1-2H3,(H,26,30)/t11-/m0/s1. The molecule has 0 aliphatic heterocycles. The third-order valence-electron chi connectivity index (χ3n) is 4.40. The summed E-state index contributed by atoms with van der Waals surface area (Å²) in [5.74, 6) is -3.12. The van der Waals surface area contributed by atoms with Gasteiger partial charge in [0.15, 0.2) is 0 Å². The van der Waals surface area contributed by atoms with Gasteiger partial charge in [-0.15, -0.1) is 5.10 Å². The van der Waals surface area contributed by atoms with Gasteiger partial charge in [-0.25, -0.2) is 23.4 Å². The molecule has 0 aliphatic carbocycles. The van der Waals surface area contributed by atoms with E-state index in [4.69, 9.17) is 11.6 Å². The van der Waals surface area contributed by atoms with Crippen molar-refractivity contribution in [3.8, 4) is 5.82 Å². The molecule has 1 N–H and O–H groups in total. The van der Waals surface area contributed by atoms with Crippen LogP contribution >= 0.6 is 11.6 Å². The topological polar surface area (TPSA) is 81.8 Å². The molecule has 31 heavy (non-hydrogen) atoms. The fraction of sp³-hybridized carbons (Fsp3) is 0.263. The number of aromatic nitrogens is 4. The van der Waals surface area contributed by atoms with Crippen LogP contribution in [0.3, 0.4) is 0 Å². The van der Waals surface area contributed by atoms with E-state index in [0.29, 0.717) is 15.8 Å². The van der Waals surface area contributed by atoms with E-state index in [-0.39, 0.29) is 15.4 Å². The highest BCUT2D eigenvalue weighted by atomic mass is 35.5. The van der Waals surface area contributed by atoms with Crippen molar-refractivity contribution in [2.24, 2.45) is 0 Å². The molecule has 3 rings (SSSR count). The lowest BCUT2D eigenvalue weighted by atomic mass is 10.1. The van der Waals surface area contributed by atoms with Crippen molar-refractivity contribution in [2.45, 2.75) is 32.6 Å². The van der Waals surface area contributed by atoms with E-state index >= 15 is 0 Å². The third kappa shape index (κ3) is 4.93. The number of rotatable bonds is 5. The summed E-state index contributed by atoms with van der Waals surface area (Å²) in [4.78, 5) is 28.6. The summed E-state index contributed by atoms with van der Waals surface area (Å²) in [7, 11) is 0. The van der Waals surface area contributed by atoms with Crippen molar-refractivity contribution in [1.82, 2.24) is 24.6 Å². The van der Waals surface area contributed by atoms with Gasteiger partial charge in [-0.05, 0) is 43.2 Å². The second kappa shape index (κ2) is 8.50. The molecule has 0 saturated heterocycles. The Balaban J connectivity index is 1.87. The van der Waals surface area contributed by atoms with Gasteiger partial charge in [0.05, 0.1) is 11.1 Å². The minimum atomic E-state index is -4.98.